The van der Waals surface area contributed by atoms with Gasteiger partial charge in [-0.3, -0.25) is 0 Å². The van der Waals surface area contributed by atoms with Gasteiger partial charge in [0.1, 0.15) is 12.4 Å². The number of fused-ring (bicyclic) bond motifs is 1. The molecule has 0 aliphatic rings. The Kier molecular flexibility index (Phi) is 5.40. The van der Waals surface area contributed by atoms with Gasteiger partial charge in [0.05, 0.1) is 4.90 Å². The van der Waals surface area contributed by atoms with Gasteiger partial charge in [-0.05, 0) is 40.6 Å². The summed E-state index contributed by atoms with van der Waals surface area (Å²) in [6.45, 7) is 4.34. The number of sulfonamides is 1. The van der Waals surface area contributed by atoms with Gasteiger partial charge in [0.2, 0.25) is 10.0 Å². The smallest absolute Gasteiger partial charge is 0.243 e. The molecule has 134 valence electrons. The minimum Gasteiger partial charge on any atom is -0.490 e. The van der Waals surface area contributed by atoms with Crippen LogP contribution < -0.4 is 4.74 Å². The molecule has 0 radical (unpaired) electrons. The molecule has 3 rings (SSSR count). The lowest BCUT2D eigenvalue weighted by Gasteiger charge is -2.18. The van der Waals surface area contributed by atoms with Crippen molar-refractivity contribution >= 4 is 20.8 Å². The quantitative estimate of drug-likeness (QED) is 0.587. The number of nitrogens with zero attached hydrogens (tertiary/aromatic N) is 1. The first-order chi connectivity index (χ1) is 12.5. The molecule has 0 unspecified atom stereocenters. The van der Waals surface area contributed by atoms with Crippen molar-refractivity contribution in [3.8, 4) is 5.75 Å². The van der Waals surface area contributed by atoms with Crippen LogP contribution in [0.15, 0.2) is 84.3 Å². The van der Waals surface area contributed by atoms with Gasteiger partial charge < -0.3 is 4.74 Å². The molecule has 5 heteroatoms. The molecule has 0 aliphatic heterocycles. The van der Waals surface area contributed by atoms with Crippen molar-refractivity contribution in [2.45, 2.75) is 11.4 Å². The number of benzene rings is 3. The van der Waals surface area contributed by atoms with Gasteiger partial charge in [0, 0.05) is 13.6 Å². The van der Waals surface area contributed by atoms with E-state index in [2.05, 4.69) is 6.58 Å². The molecule has 0 spiro atoms. The van der Waals surface area contributed by atoms with E-state index in [1.807, 2.05) is 54.6 Å². The van der Waals surface area contributed by atoms with E-state index in [-0.39, 0.29) is 6.54 Å². The normalized spacial score (nSPS) is 11.6. The third-order valence-corrected chi connectivity index (χ3v) is 5.92. The van der Waals surface area contributed by atoms with Crippen molar-refractivity contribution < 1.29 is 13.2 Å². The number of hydrogen-bond donors (Lipinski definition) is 0. The van der Waals surface area contributed by atoms with Crippen LogP contribution in [0.2, 0.25) is 0 Å². The Morgan fingerprint density at radius 1 is 1.00 bits per heavy atom. The molecule has 0 bridgehead atoms. The van der Waals surface area contributed by atoms with Crippen molar-refractivity contribution in [1.82, 2.24) is 4.31 Å². The highest BCUT2D eigenvalue weighted by atomic mass is 32.2. The average Bonchev–Trinajstić information content (AvgIpc) is 2.67. The summed E-state index contributed by atoms with van der Waals surface area (Å²) in [6, 6.07) is 20.3. The van der Waals surface area contributed by atoms with Crippen molar-refractivity contribution in [2.75, 3.05) is 13.7 Å². The molecule has 0 saturated heterocycles. The lowest BCUT2D eigenvalue weighted by molar-refractivity contribution is 0.363. The predicted molar refractivity (Wildman–Crippen MR) is 105 cm³/mol. The van der Waals surface area contributed by atoms with E-state index in [0.717, 1.165) is 22.1 Å². The largest absolute Gasteiger partial charge is 0.490 e. The number of hydrogen-bond acceptors (Lipinski definition) is 3. The van der Waals surface area contributed by atoms with Crippen LogP contribution in [-0.2, 0) is 16.6 Å². The Balaban J connectivity index is 1.78. The summed E-state index contributed by atoms with van der Waals surface area (Å²) in [5.74, 6) is 0.730. The Morgan fingerprint density at radius 2 is 1.69 bits per heavy atom. The van der Waals surface area contributed by atoms with E-state index >= 15 is 0 Å². The summed E-state index contributed by atoms with van der Waals surface area (Å²) >= 11 is 0. The Morgan fingerprint density at radius 3 is 2.38 bits per heavy atom. The maximum Gasteiger partial charge on any atom is 0.243 e. The molecule has 0 heterocycles. The molecule has 0 aromatic heterocycles. The molecule has 0 aliphatic carbocycles. The molecular weight excluding hydrogens is 346 g/mol. The third kappa shape index (κ3) is 3.95. The van der Waals surface area contributed by atoms with Crippen LogP contribution in [0.1, 0.15) is 5.56 Å². The van der Waals surface area contributed by atoms with Crippen LogP contribution in [0.3, 0.4) is 0 Å². The first kappa shape index (κ1) is 18.2. The van der Waals surface area contributed by atoms with Gasteiger partial charge >= 0.3 is 0 Å². The zero-order chi connectivity index (χ0) is 18.6. The molecule has 3 aromatic rings. The molecule has 0 N–H and O–H groups in total. The lowest BCUT2D eigenvalue weighted by Crippen LogP contribution is -2.26. The lowest BCUT2D eigenvalue weighted by atomic mass is 10.1. The summed E-state index contributed by atoms with van der Waals surface area (Å²) in [5.41, 5.74) is 0.891. The van der Waals surface area contributed by atoms with Crippen LogP contribution in [0.5, 0.6) is 5.75 Å². The highest BCUT2D eigenvalue weighted by Gasteiger charge is 2.21. The zero-order valence-corrected chi connectivity index (χ0v) is 15.4. The molecule has 26 heavy (non-hydrogen) atoms. The SMILES string of the molecule is C=CCOc1ccc(CN(C)S(=O)(=O)c2ccc3ccccc3c2)cc1. The van der Waals surface area contributed by atoms with Gasteiger partial charge in [-0.2, -0.15) is 4.31 Å². The monoisotopic (exact) mass is 367 g/mol. The van der Waals surface area contributed by atoms with Crippen molar-refractivity contribution in [1.29, 1.82) is 0 Å². The summed E-state index contributed by atoms with van der Waals surface area (Å²) in [4.78, 5) is 0.296. The molecule has 0 saturated carbocycles. The van der Waals surface area contributed by atoms with Crippen LogP contribution in [0.4, 0.5) is 0 Å². The average molecular weight is 367 g/mol. The Bertz CT molecular complexity index is 1010. The summed E-state index contributed by atoms with van der Waals surface area (Å²) in [7, 11) is -1.97. The molecule has 4 nitrogen and oxygen atoms in total. The van der Waals surface area contributed by atoms with E-state index in [1.54, 1.807) is 25.3 Å². The molecule has 0 atom stereocenters. The number of ether oxygens (including phenoxy) is 1. The fourth-order valence-corrected chi connectivity index (χ4v) is 3.89. The molecule has 3 aromatic carbocycles. The molecular formula is C21H21NO3S. The van der Waals surface area contributed by atoms with Crippen molar-refractivity contribution in [3.05, 3.63) is 84.9 Å². The molecule has 0 fully saturated rings. The first-order valence-corrected chi connectivity index (χ1v) is 9.72. The second kappa shape index (κ2) is 7.72. The van der Waals surface area contributed by atoms with E-state index in [4.69, 9.17) is 4.74 Å². The van der Waals surface area contributed by atoms with E-state index < -0.39 is 10.0 Å². The first-order valence-electron chi connectivity index (χ1n) is 8.28. The minimum absolute atomic E-state index is 0.289. The standard InChI is InChI=1S/C21H21NO3S/c1-3-14-25-20-11-8-17(9-12-20)16-22(2)26(23,24)21-13-10-18-6-4-5-7-19(18)15-21/h3-13,15H,1,14,16H2,2H3. The fourth-order valence-electron chi connectivity index (χ4n) is 2.70. The minimum atomic E-state index is -3.56. The highest BCUT2D eigenvalue weighted by molar-refractivity contribution is 7.89. The molecule has 0 amide bonds. The number of rotatable bonds is 7. The summed E-state index contributed by atoms with van der Waals surface area (Å²) < 4.78 is 32.6. The predicted octanol–water partition coefficient (Wildman–Crippen LogP) is 4.23. The second-order valence-corrected chi connectivity index (χ2v) is 8.06. The van der Waals surface area contributed by atoms with Gasteiger partial charge in [0.15, 0.2) is 0 Å². The zero-order valence-electron chi connectivity index (χ0n) is 14.6. The Labute approximate surface area is 154 Å². The van der Waals surface area contributed by atoms with Gasteiger partial charge in [-0.15, -0.1) is 0 Å². The van der Waals surface area contributed by atoms with E-state index in [9.17, 15) is 8.42 Å². The van der Waals surface area contributed by atoms with Crippen molar-refractivity contribution in [2.24, 2.45) is 0 Å². The Hall–Kier alpha value is -2.63. The topological polar surface area (TPSA) is 46.6 Å². The van der Waals surface area contributed by atoms with Crippen LogP contribution in [-0.4, -0.2) is 26.4 Å². The summed E-state index contributed by atoms with van der Waals surface area (Å²) in [5, 5.41) is 1.93. The van der Waals surface area contributed by atoms with Gasteiger partial charge in [0.25, 0.3) is 0 Å². The van der Waals surface area contributed by atoms with E-state index in [1.165, 1.54) is 4.31 Å². The van der Waals surface area contributed by atoms with Gasteiger partial charge in [-0.1, -0.05) is 55.1 Å². The van der Waals surface area contributed by atoms with Crippen LogP contribution in [0, 0.1) is 0 Å². The fraction of sp³-hybridized carbons (Fsp3) is 0.143. The van der Waals surface area contributed by atoms with Crippen LogP contribution >= 0.6 is 0 Å². The third-order valence-electron chi connectivity index (χ3n) is 4.13. The maximum atomic E-state index is 12.9. The van der Waals surface area contributed by atoms with Crippen LogP contribution in [0.25, 0.3) is 10.8 Å². The van der Waals surface area contributed by atoms with Crippen molar-refractivity contribution in [3.63, 3.8) is 0 Å². The highest BCUT2D eigenvalue weighted by Crippen LogP contribution is 2.23. The van der Waals surface area contributed by atoms with E-state index in [0.29, 0.717) is 11.5 Å². The maximum absolute atomic E-state index is 12.9. The second-order valence-electron chi connectivity index (χ2n) is 6.01. The summed E-state index contributed by atoms with van der Waals surface area (Å²) in [6.07, 6.45) is 1.68. The van der Waals surface area contributed by atoms with Gasteiger partial charge in [-0.25, -0.2) is 8.42 Å².